The number of benzene rings is 1. The first-order chi connectivity index (χ1) is 7.65. The van der Waals surface area contributed by atoms with Crippen molar-refractivity contribution in [3.63, 3.8) is 0 Å². The van der Waals surface area contributed by atoms with E-state index in [0.29, 0.717) is 12.0 Å². The van der Waals surface area contributed by atoms with Crippen molar-refractivity contribution >= 4 is 5.91 Å². The summed E-state index contributed by atoms with van der Waals surface area (Å²) in [5.41, 5.74) is 2.08. The molecule has 1 N–H and O–H groups in total. The average Bonchev–Trinajstić information content (AvgIpc) is 3.01. The molecule has 0 spiro atoms. The highest BCUT2D eigenvalue weighted by atomic mass is 16.1. The van der Waals surface area contributed by atoms with Crippen LogP contribution in [0.3, 0.4) is 0 Å². The lowest BCUT2D eigenvalue weighted by atomic mass is 10.0. The van der Waals surface area contributed by atoms with Crippen molar-refractivity contribution in [2.45, 2.75) is 39.2 Å². The molecule has 0 heterocycles. The van der Waals surface area contributed by atoms with Crippen molar-refractivity contribution in [2.75, 3.05) is 0 Å². The van der Waals surface area contributed by atoms with E-state index in [-0.39, 0.29) is 5.91 Å². The summed E-state index contributed by atoms with van der Waals surface area (Å²) in [6.45, 7) is 4.40. The maximum Gasteiger partial charge on any atom is 0.251 e. The monoisotopic (exact) mass is 217 g/mol. The minimum Gasteiger partial charge on any atom is -0.349 e. The van der Waals surface area contributed by atoms with Gasteiger partial charge in [-0.1, -0.05) is 26.0 Å². The second kappa shape index (κ2) is 4.69. The Labute approximate surface area is 97.1 Å². The summed E-state index contributed by atoms with van der Waals surface area (Å²) in [7, 11) is 0. The summed E-state index contributed by atoms with van der Waals surface area (Å²) in [6, 6.07) is 8.40. The van der Waals surface area contributed by atoms with Gasteiger partial charge in [-0.3, -0.25) is 4.79 Å². The Kier molecular flexibility index (Phi) is 3.28. The summed E-state index contributed by atoms with van der Waals surface area (Å²) < 4.78 is 0. The molecule has 1 fully saturated rings. The molecule has 0 aromatic heterocycles. The van der Waals surface area contributed by atoms with Gasteiger partial charge in [-0.2, -0.15) is 0 Å². The van der Waals surface area contributed by atoms with Crippen LogP contribution in [0.4, 0.5) is 0 Å². The molecule has 16 heavy (non-hydrogen) atoms. The van der Waals surface area contributed by atoms with Gasteiger partial charge in [0.1, 0.15) is 0 Å². The Morgan fingerprint density at radius 3 is 2.44 bits per heavy atom. The molecule has 0 bridgehead atoms. The van der Waals surface area contributed by atoms with Crippen molar-refractivity contribution < 1.29 is 4.79 Å². The molecule has 2 rings (SSSR count). The van der Waals surface area contributed by atoms with Crippen LogP contribution in [0.1, 0.15) is 42.6 Å². The smallest absolute Gasteiger partial charge is 0.251 e. The molecule has 0 radical (unpaired) electrons. The lowest BCUT2D eigenvalue weighted by molar-refractivity contribution is 0.0951. The molecule has 1 aliphatic carbocycles. The lowest BCUT2D eigenvalue weighted by Gasteiger charge is -2.06. The van der Waals surface area contributed by atoms with Gasteiger partial charge in [-0.25, -0.2) is 0 Å². The Bertz CT molecular complexity index is 363. The number of nitrogens with one attached hydrogen (secondary N) is 1. The van der Waals surface area contributed by atoms with Gasteiger partial charge in [0.2, 0.25) is 0 Å². The summed E-state index contributed by atoms with van der Waals surface area (Å²) >= 11 is 0. The number of rotatable bonds is 4. The Morgan fingerprint density at radius 2 is 1.94 bits per heavy atom. The molecule has 86 valence electrons. The van der Waals surface area contributed by atoms with Crippen LogP contribution in [0.25, 0.3) is 0 Å². The fourth-order valence-electron chi connectivity index (χ4n) is 1.76. The van der Waals surface area contributed by atoms with Gasteiger partial charge in [0.15, 0.2) is 0 Å². The number of carbonyl (C=O) groups is 1. The van der Waals surface area contributed by atoms with Gasteiger partial charge >= 0.3 is 0 Å². The van der Waals surface area contributed by atoms with E-state index >= 15 is 0 Å². The van der Waals surface area contributed by atoms with Crippen LogP contribution < -0.4 is 5.32 Å². The Hall–Kier alpha value is -1.31. The normalized spacial score (nSPS) is 15.2. The molecule has 0 unspecified atom stereocenters. The molecule has 2 heteroatoms. The molecular formula is C14H19NO. The van der Waals surface area contributed by atoms with Crippen LogP contribution in [0.5, 0.6) is 0 Å². The summed E-state index contributed by atoms with van der Waals surface area (Å²) in [4.78, 5) is 11.7. The predicted octanol–water partition coefficient (Wildman–Crippen LogP) is 2.78. The third kappa shape index (κ3) is 3.09. The van der Waals surface area contributed by atoms with E-state index in [2.05, 4.69) is 31.3 Å². The van der Waals surface area contributed by atoms with E-state index < -0.39 is 0 Å². The van der Waals surface area contributed by atoms with E-state index in [4.69, 9.17) is 0 Å². The largest absolute Gasteiger partial charge is 0.349 e. The zero-order valence-electron chi connectivity index (χ0n) is 9.99. The molecule has 1 aromatic rings. The highest BCUT2D eigenvalue weighted by Gasteiger charge is 2.23. The zero-order valence-corrected chi connectivity index (χ0v) is 9.99. The molecule has 0 aliphatic heterocycles. The molecule has 1 amide bonds. The number of carbonyl (C=O) groups excluding carboxylic acids is 1. The first-order valence-corrected chi connectivity index (χ1v) is 6.05. The predicted molar refractivity (Wildman–Crippen MR) is 65.5 cm³/mol. The quantitative estimate of drug-likeness (QED) is 0.825. The fourth-order valence-corrected chi connectivity index (χ4v) is 1.76. The van der Waals surface area contributed by atoms with Gasteiger partial charge in [0.25, 0.3) is 5.91 Å². The first kappa shape index (κ1) is 11.2. The Balaban J connectivity index is 1.97. The maximum absolute atomic E-state index is 11.7. The third-order valence-corrected chi connectivity index (χ3v) is 2.77. The Morgan fingerprint density at radius 1 is 1.31 bits per heavy atom. The van der Waals surface area contributed by atoms with Crippen LogP contribution in [-0.4, -0.2) is 11.9 Å². The van der Waals surface area contributed by atoms with Gasteiger partial charge < -0.3 is 5.32 Å². The van der Waals surface area contributed by atoms with Crippen LogP contribution in [0, 0.1) is 5.92 Å². The molecule has 1 aliphatic rings. The van der Waals surface area contributed by atoms with E-state index in [1.807, 2.05) is 12.1 Å². The number of hydrogen-bond acceptors (Lipinski definition) is 1. The molecule has 0 saturated heterocycles. The van der Waals surface area contributed by atoms with Crippen molar-refractivity contribution in [3.05, 3.63) is 35.4 Å². The van der Waals surface area contributed by atoms with Crippen LogP contribution in [-0.2, 0) is 6.42 Å². The highest BCUT2D eigenvalue weighted by molar-refractivity contribution is 5.94. The molecule has 1 aromatic carbocycles. The molecular weight excluding hydrogens is 198 g/mol. The number of hydrogen-bond donors (Lipinski definition) is 1. The molecule has 0 atom stereocenters. The molecule has 2 nitrogen and oxygen atoms in total. The topological polar surface area (TPSA) is 29.1 Å². The number of amides is 1. The summed E-state index contributed by atoms with van der Waals surface area (Å²) in [5, 5.41) is 2.99. The van der Waals surface area contributed by atoms with Gasteiger partial charge in [0.05, 0.1) is 0 Å². The second-order valence-electron chi connectivity index (χ2n) is 5.04. The first-order valence-electron chi connectivity index (χ1n) is 6.05. The van der Waals surface area contributed by atoms with Crippen molar-refractivity contribution in [1.29, 1.82) is 0 Å². The van der Waals surface area contributed by atoms with Gasteiger partial charge in [-0.15, -0.1) is 0 Å². The van der Waals surface area contributed by atoms with Gasteiger partial charge in [-0.05, 0) is 42.9 Å². The maximum atomic E-state index is 11.7. The van der Waals surface area contributed by atoms with E-state index in [1.54, 1.807) is 0 Å². The average molecular weight is 217 g/mol. The SMILES string of the molecule is CC(C)Cc1ccc(C(=O)NC2CC2)cc1. The second-order valence-corrected chi connectivity index (χ2v) is 5.04. The van der Waals surface area contributed by atoms with Gasteiger partial charge in [0, 0.05) is 11.6 Å². The van der Waals surface area contributed by atoms with E-state index in [0.717, 1.165) is 24.8 Å². The van der Waals surface area contributed by atoms with Crippen LogP contribution in [0.2, 0.25) is 0 Å². The van der Waals surface area contributed by atoms with Crippen molar-refractivity contribution in [3.8, 4) is 0 Å². The third-order valence-electron chi connectivity index (χ3n) is 2.77. The fraction of sp³-hybridized carbons (Fsp3) is 0.500. The van der Waals surface area contributed by atoms with Crippen LogP contribution in [0.15, 0.2) is 24.3 Å². The minimum absolute atomic E-state index is 0.0681. The standard InChI is InChI=1S/C14H19NO/c1-10(2)9-11-3-5-12(6-4-11)14(16)15-13-7-8-13/h3-6,10,13H,7-9H2,1-2H3,(H,15,16). The summed E-state index contributed by atoms with van der Waals surface area (Å²) in [5.74, 6) is 0.727. The van der Waals surface area contributed by atoms with Crippen molar-refractivity contribution in [1.82, 2.24) is 5.32 Å². The van der Waals surface area contributed by atoms with Crippen LogP contribution >= 0.6 is 0 Å². The highest BCUT2D eigenvalue weighted by Crippen LogP contribution is 2.19. The lowest BCUT2D eigenvalue weighted by Crippen LogP contribution is -2.25. The molecule has 1 saturated carbocycles. The zero-order chi connectivity index (χ0) is 11.5. The minimum atomic E-state index is 0.0681. The summed E-state index contributed by atoms with van der Waals surface area (Å²) in [6.07, 6.45) is 3.35. The van der Waals surface area contributed by atoms with E-state index in [9.17, 15) is 4.79 Å². The van der Waals surface area contributed by atoms with E-state index in [1.165, 1.54) is 5.56 Å². The van der Waals surface area contributed by atoms with Crippen molar-refractivity contribution in [2.24, 2.45) is 5.92 Å².